The monoisotopic (exact) mass is 401 g/mol. The van der Waals surface area contributed by atoms with E-state index >= 15 is 0 Å². The van der Waals surface area contributed by atoms with Gasteiger partial charge in [-0.1, -0.05) is 29.8 Å². The van der Waals surface area contributed by atoms with E-state index < -0.39 is 5.82 Å². The van der Waals surface area contributed by atoms with E-state index in [0.717, 1.165) is 10.9 Å². The van der Waals surface area contributed by atoms with Crippen LogP contribution in [0.25, 0.3) is 44.3 Å². The van der Waals surface area contributed by atoms with Gasteiger partial charge in [0.05, 0.1) is 21.6 Å². The summed E-state index contributed by atoms with van der Waals surface area (Å²) in [5, 5.41) is 1.74. The van der Waals surface area contributed by atoms with Crippen molar-refractivity contribution in [2.45, 2.75) is 0 Å². The number of hydrogen-bond acceptors (Lipinski definition) is 3. The summed E-state index contributed by atoms with van der Waals surface area (Å²) >= 11 is 6.47. The van der Waals surface area contributed by atoms with Crippen LogP contribution in [-0.2, 0) is 0 Å². The minimum atomic E-state index is -0.396. The summed E-state index contributed by atoms with van der Waals surface area (Å²) in [5.41, 5.74) is 3.03. The lowest BCUT2D eigenvalue weighted by molar-refractivity contribution is 0.631. The van der Waals surface area contributed by atoms with Gasteiger partial charge < -0.3 is 4.98 Å². The van der Waals surface area contributed by atoms with Crippen LogP contribution in [0.3, 0.4) is 0 Å². The number of aromatic nitrogens is 3. The van der Waals surface area contributed by atoms with Crippen molar-refractivity contribution in [2.75, 3.05) is 0 Å². The molecule has 6 heteroatoms. The molecule has 0 spiro atoms. The molecule has 2 aromatic carbocycles. The van der Waals surface area contributed by atoms with Gasteiger partial charge in [-0.25, -0.2) is 9.37 Å². The largest absolute Gasteiger partial charge is 0.346 e. The maximum absolute atomic E-state index is 14.6. The van der Waals surface area contributed by atoms with Gasteiger partial charge in [-0.05, 0) is 42.0 Å². The molecule has 0 atom stereocenters. The van der Waals surface area contributed by atoms with E-state index in [1.807, 2.05) is 18.2 Å². The second-order valence-corrected chi connectivity index (χ2v) is 7.04. The first-order valence-corrected chi connectivity index (χ1v) is 9.31. The van der Waals surface area contributed by atoms with Gasteiger partial charge in [-0.15, -0.1) is 0 Å². The summed E-state index contributed by atoms with van der Waals surface area (Å²) in [7, 11) is 0. The third-order valence-electron chi connectivity index (χ3n) is 4.84. The van der Waals surface area contributed by atoms with Crippen LogP contribution in [0.1, 0.15) is 0 Å². The molecule has 0 unspecified atom stereocenters. The summed E-state index contributed by atoms with van der Waals surface area (Å²) in [4.78, 5) is 24.3. The van der Waals surface area contributed by atoms with Crippen LogP contribution in [0.15, 0.2) is 77.9 Å². The van der Waals surface area contributed by atoms with Gasteiger partial charge in [0, 0.05) is 35.0 Å². The van der Waals surface area contributed by atoms with Crippen LogP contribution in [0.4, 0.5) is 4.39 Å². The van der Waals surface area contributed by atoms with E-state index in [1.54, 1.807) is 36.5 Å². The highest BCUT2D eigenvalue weighted by atomic mass is 35.5. The molecule has 0 fully saturated rings. The van der Waals surface area contributed by atoms with Crippen molar-refractivity contribution < 1.29 is 4.39 Å². The number of aromatic amines is 1. The van der Waals surface area contributed by atoms with Gasteiger partial charge in [-0.2, -0.15) is 0 Å². The first-order chi connectivity index (χ1) is 14.1. The molecule has 0 aliphatic rings. The first kappa shape index (κ1) is 17.5. The van der Waals surface area contributed by atoms with Crippen molar-refractivity contribution in [3.8, 4) is 22.4 Å². The minimum absolute atomic E-state index is 0.166. The fraction of sp³-hybridized carbons (Fsp3) is 0. The van der Waals surface area contributed by atoms with Crippen molar-refractivity contribution in [1.82, 2.24) is 15.0 Å². The van der Waals surface area contributed by atoms with Crippen LogP contribution in [0.2, 0.25) is 5.02 Å². The molecule has 0 aliphatic carbocycles. The van der Waals surface area contributed by atoms with E-state index in [-0.39, 0.29) is 5.43 Å². The van der Waals surface area contributed by atoms with E-state index in [2.05, 4.69) is 15.0 Å². The Bertz CT molecular complexity index is 1460. The summed E-state index contributed by atoms with van der Waals surface area (Å²) in [6, 6.07) is 17.0. The summed E-state index contributed by atoms with van der Waals surface area (Å²) in [6.07, 6.45) is 3.21. The van der Waals surface area contributed by atoms with E-state index in [0.29, 0.717) is 38.4 Å². The fourth-order valence-electron chi connectivity index (χ4n) is 3.48. The lowest BCUT2D eigenvalue weighted by Gasteiger charge is -2.13. The Balaban J connectivity index is 1.89. The first-order valence-electron chi connectivity index (χ1n) is 8.94. The van der Waals surface area contributed by atoms with Crippen molar-refractivity contribution in [2.24, 2.45) is 0 Å². The zero-order valence-electron chi connectivity index (χ0n) is 15.0. The molecule has 5 rings (SSSR count). The smallest absolute Gasteiger partial charge is 0.191 e. The zero-order chi connectivity index (χ0) is 20.0. The molecule has 0 saturated heterocycles. The highest BCUT2D eigenvalue weighted by Gasteiger charge is 2.17. The van der Waals surface area contributed by atoms with Gasteiger partial charge in [0.1, 0.15) is 11.5 Å². The average molecular weight is 402 g/mol. The molecule has 0 aliphatic heterocycles. The molecule has 3 aromatic heterocycles. The number of hydrogen-bond donors (Lipinski definition) is 1. The van der Waals surface area contributed by atoms with E-state index in [4.69, 9.17) is 11.6 Å². The third kappa shape index (κ3) is 2.96. The second kappa shape index (κ2) is 6.79. The van der Waals surface area contributed by atoms with Crippen LogP contribution in [0.5, 0.6) is 0 Å². The Morgan fingerprint density at radius 1 is 0.966 bits per heavy atom. The standard InChI is InChI=1S/C23H13ClFN3O/c24-18-11-14(10-13-4-3-8-26-21(13)18)16-12-17-20(29)7-9-27-23(17)28-22(16)15-5-1-2-6-19(15)25/h1-12H,(H,27,28,29). The molecule has 0 radical (unpaired) electrons. The van der Waals surface area contributed by atoms with Gasteiger partial charge in [0.2, 0.25) is 0 Å². The van der Waals surface area contributed by atoms with Crippen molar-refractivity contribution in [3.63, 3.8) is 0 Å². The van der Waals surface area contributed by atoms with Crippen LogP contribution in [-0.4, -0.2) is 15.0 Å². The second-order valence-electron chi connectivity index (χ2n) is 6.64. The lowest BCUT2D eigenvalue weighted by atomic mass is 9.96. The van der Waals surface area contributed by atoms with Crippen molar-refractivity contribution in [1.29, 1.82) is 0 Å². The quantitative estimate of drug-likeness (QED) is 0.419. The maximum atomic E-state index is 14.6. The van der Waals surface area contributed by atoms with Crippen molar-refractivity contribution in [3.05, 3.63) is 94.1 Å². The summed E-state index contributed by atoms with van der Waals surface area (Å²) in [5.74, 6) is -0.396. The fourth-order valence-corrected chi connectivity index (χ4v) is 3.75. The maximum Gasteiger partial charge on any atom is 0.191 e. The normalized spacial score (nSPS) is 11.2. The molecule has 0 amide bonds. The summed E-state index contributed by atoms with van der Waals surface area (Å²) in [6.45, 7) is 0. The minimum Gasteiger partial charge on any atom is -0.346 e. The number of fused-ring (bicyclic) bond motifs is 2. The molecule has 0 saturated carbocycles. The number of halogens is 2. The van der Waals surface area contributed by atoms with Crippen LogP contribution >= 0.6 is 11.6 Å². The van der Waals surface area contributed by atoms with Crippen molar-refractivity contribution >= 4 is 33.5 Å². The number of rotatable bonds is 2. The molecule has 1 N–H and O–H groups in total. The Morgan fingerprint density at radius 2 is 1.83 bits per heavy atom. The van der Waals surface area contributed by atoms with Gasteiger partial charge in [0.15, 0.2) is 5.43 Å². The van der Waals surface area contributed by atoms with Crippen LogP contribution in [0, 0.1) is 5.82 Å². The van der Waals surface area contributed by atoms with E-state index in [9.17, 15) is 9.18 Å². The average Bonchev–Trinajstić information content (AvgIpc) is 2.74. The van der Waals surface area contributed by atoms with E-state index in [1.165, 1.54) is 18.3 Å². The molecule has 29 heavy (non-hydrogen) atoms. The van der Waals surface area contributed by atoms with Gasteiger partial charge >= 0.3 is 0 Å². The SMILES string of the molecule is O=c1cc[nH]c2nc(-c3ccccc3F)c(-c3cc(Cl)c4ncccc4c3)cc12. The Hall–Kier alpha value is -3.57. The molecule has 140 valence electrons. The third-order valence-corrected chi connectivity index (χ3v) is 5.13. The number of pyridine rings is 3. The molecular weight excluding hydrogens is 389 g/mol. The number of H-pyrrole nitrogens is 1. The molecule has 4 nitrogen and oxygen atoms in total. The number of nitrogens with one attached hydrogen (secondary N) is 1. The molecule has 0 bridgehead atoms. The molecule has 5 aromatic rings. The Kier molecular flexibility index (Phi) is 4.11. The lowest BCUT2D eigenvalue weighted by Crippen LogP contribution is -2.04. The highest BCUT2D eigenvalue weighted by Crippen LogP contribution is 2.36. The van der Waals surface area contributed by atoms with Gasteiger partial charge in [-0.3, -0.25) is 9.78 Å². The summed E-state index contributed by atoms with van der Waals surface area (Å²) < 4.78 is 14.6. The highest BCUT2D eigenvalue weighted by molar-refractivity contribution is 6.35. The number of nitrogens with zero attached hydrogens (tertiary/aromatic N) is 2. The molecular formula is C23H13ClFN3O. The number of benzene rings is 2. The topological polar surface area (TPSA) is 58.6 Å². The van der Waals surface area contributed by atoms with Crippen LogP contribution < -0.4 is 5.43 Å². The zero-order valence-corrected chi connectivity index (χ0v) is 15.7. The Morgan fingerprint density at radius 3 is 2.69 bits per heavy atom. The molecule has 3 heterocycles. The predicted molar refractivity (Wildman–Crippen MR) is 114 cm³/mol. The predicted octanol–water partition coefficient (Wildman–Crippen LogP) is 5.60. The Labute approximate surface area is 169 Å². The van der Waals surface area contributed by atoms with Gasteiger partial charge in [0.25, 0.3) is 0 Å².